The smallest absolute Gasteiger partial charge is 0.347 e. The summed E-state index contributed by atoms with van der Waals surface area (Å²) in [6, 6.07) is 13.9. The average molecular weight is 625 g/mol. The largest absolute Gasteiger partial charge is 0.495 e. The summed E-state index contributed by atoms with van der Waals surface area (Å²) in [5, 5.41) is 5.84. The van der Waals surface area contributed by atoms with Gasteiger partial charge in [-0.15, -0.1) is 0 Å². The summed E-state index contributed by atoms with van der Waals surface area (Å²) in [5.41, 5.74) is 1.70. The normalized spacial score (nSPS) is 23.0. The number of methoxy groups -OCH3 is 1. The quantitative estimate of drug-likeness (QED) is 0.394. The molecule has 1 heterocycles. The van der Waals surface area contributed by atoms with Crippen LogP contribution in [0, 0.1) is 11.8 Å². The molecule has 44 heavy (non-hydrogen) atoms. The Bertz CT molecular complexity index is 1340. The third-order valence-electron chi connectivity index (χ3n) is 6.94. The first-order chi connectivity index (χ1) is 21.0. The Morgan fingerprint density at radius 3 is 2.48 bits per heavy atom. The fraction of sp³-hybridized carbons (Fsp3) is 0.412. The Balaban J connectivity index is 1.85. The van der Waals surface area contributed by atoms with Gasteiger partial charge < -0.3 is 24.8 Å². The maximum Gasteiger partial charge on any atom is 0.347 e. The maximum atomic E-state index is 13.2. The lowest BCUT2D eigenvalue weighted by Crippen LogP contribution is -2.49. The van der Waals surface area contributed by atoms with Crippen LogP contribution in [0.4, 0.5) is 0 Å². The highest BCUT2D eigenvalue weighted by Crippen LogP contribution is 2.25. The SMILES string of the molecule is COc1ccc(C[C@H]2NC(=O)/C=C\C[C@@H](C/C=C/c3ccccc3)OC(=O)[C@H](CC(C)C)OC(=O)[C@H](C)CNC2=O)cc1Cl. The highest BCUT2D eigenvalue weighted by atomic mass is 35.5. The lowest BCUT2D eigenvalue weighted by molar-refractivity contribution is -0.174. The molecule has 2 amide bonds. The van der Waals surface area contributed by atoms with Gasteiger partial charge in [0.05, 0.1) is 18.1 Å². The summed E-state index contributed by atoms with van der Waals surface area (Å²) in [4.78, 5) is 52.4. The van der Waals surface area contributed by atoms with E-state index in [-0.39, 0.29) is 31.7 Å². The Morgan fingerprint density at radius 1 is 1.05 bits per heavy atom. The molecule has 0 aromatic heterocycles. The third-order valence-corrected chi connectivity index (χ3v) is 7.24. The fourth-order valence-corrected chi connectivity index (χ4v) is 4.80. The molecule has 0 saturated heterocycles. The summed E-state index contributed by atoms with van der Waals surface area (Å²) in [5.74, 6) is -2.48. The number of ether oxygens (including phenoxy) is 3. The van der Waals surface area contributed by atoms with Gasteiger partial charge in [-0.2, -0.15) is 0 Å². The van der Waals surface area contributed by atoms with Crippen molar-refractivity contribution < 1.29 is 33.4 Å². The number of halogens is 1. The summed E-state index contributed by atoms with van der Waals surface area (Å²) >= 11 is 6.28. The van der Waals surface area contributed by atoms with Crippen molar-refractivity contribution in [3.63, 3.8) is 0 Å². The molecule has 236 valence electrons. The second-order valence-electron chi connectivity index (χ2n) is 11.2. The minimum absolute atomic E-state index is 0.0492. The van der Waals surface area contributed by atoms with Gasteiger partial charge in [-0.1, -0.05) is 87.0 Å². The lowest BCUT2D eigenvalue weighted by atomic mass is 10.0. The van der Waals surface area contributed by atoms with E-state index in [1.165, 1.54) is 13.2 Å². The Labute approximate surface area is 264 Å². The van der Waals surface area contributed by atoms with Crippen molar-refractivity contribution in [1.82, 2.24) is 10.6 Å². The summed E-state index contributed by atoms with van der Waals surface area (Å²) in [6.45, 7) is 5.38. The van der Waals surface area contributed by atoms with Crippen LogP contribution in [0.2, 0.25) is 5.02 Å². The van der Waals surface area contributed by atoms with Gasteiger partial charge in [0.2, 0.25) is 11.8 Å². The van der Waals surface area contributed by atoms with Crippen LogP contribution in [0.3, 0.4) is 0 Å². The molecular weight excluding hydrogens is 584 g/mol. The first-order valence-electron chi connectivity index (χ1n) is 14.8. The van der Waals surface area contributed by atoms with Crippen LogP contribution in [0.25, 0.3) is 6.08 Å². The van der Waals surface area contributed by atoms with Crippen LogP contribution in [0.1, 0.15) is 51.2 Å². The monoisotopic (exact) mass is 624 g/mol. The highest BCUT2D eigenvalue weighted by Gasteiger charge is 2.30. The molecule has 0 bridgehead atoms. The number of cyclic esters (lactones) is 2. The minimum atomic E-state index is -1.10. The molecule has 2 aromatic rings. The Kier molecular flexibility index (Phi) is 13.5. The average Bonchev–Trinajstić information content (AvgIpc) is 2.98. The molecule has 2 aromatic carbocycles. The molecular formula is C34H41ClN2O7. The van der Waals surface area contributed by atoms with Crippen LogP contribution in [-0.4, -0.2) is 55.7 Å². The van der Waals surface area contributed by atoms with Crippen molar-refractivity contribution in [3.05, 3.63) is 82.9 Å². The molecule has 4 atom stereocenters. The first kappa shape index (κ1) is 34.4. The summed E-state index contributed by atoms with van der Waals surface area (Å²) in [7, 11) is 1.50. The molecule has 9 nitrogen and oxygen atoms in total. The van der Waals surface area contributed by atoms with Crippen molar-refractivity contribution in [2.45, 2.75) is 64.7 Å². The van der Waals surface area contributed by atoms with E-state index < -0.39 is 47.9 Å². The van der Waals surface area contributed by atoms with Crippen molar-refractivity contribution >= 4 is 41.4 Å². The zero-order chi connectivity index (χ0) is 32.1. The van der Waals surface area contributed by atoms with Gasteiger partial charge in [0.1, 0.15) is 17.9 Å². The molecule has 0 aliphatic carbocycles. The van der Waals surface area contributed by atoms with Gasteiger partial charge >= 0.3 is 11.9 Å². The predicted molar refractivity (Wildman–Crippen MR) is 169 cm³/mol. The zero-order valence-electron chi connectivity index (χ0n) is 25.6. The number of rotatable bonds is 8. The molecule has 1 aliphatic heterocycles. The van der Waals surface area contributed by atoms with E-state index in [1.807, 2.05) is 56.3 Å². The number of carbonyl (C=O) groups is 4. The maximum absolute atomic E-state index is 13.2. The predicted octanol–water partition coefficient (Wildman–Crippen LogP) is 5.06. The van der Waals surface area contributed by atoms with Crippen molar-refractivity contribution in [3.8, 4) is 5.75 Å². The van der Waals surface area contributed by atoms with E-state index in [1.54, 1.807) is 31.2 Å². The molecule has 0 saturated carbocycles. The molecule has 2 N–H and O–H groups in total. The first-order valence-corrected chi connectivity index (χ1v) is 15.1. The molecule has 0 radical (unpaired) electrons. The standard InChI is InChI=1S/C34H41ClN2O7/c1-22(2)18-30-34(41)43-26(13-8-12-24-10-6-5-7-11-24)14-9-15-31(38)37-28(32(39)36-21-23(3)33(40)44-30)20-25-16-17-29(42-4)27(35)19-25/h5-12,15-17,19,22-23,26,28,30H,13-14,18,20-21H2,1-4H3,(H,36,39)(H,37,38)/b12-8+,15-9-/t23-,26-,28-,30+/m1/s1. The molecule has 0 unspecified atom stereocenters. The third kappa shape index (κ3) is 11.2. The van der Waals surface area contributed by atoms with Crippen LogP contribution >= 0.6 is 11.6 Å². The van der Waals surface area contributed by atoms with Crippen LogP contribution in [-0.2, 0) is 35.1 Å². The number of hydrogen-bond acceptors (Lipinski definition) is 7. The molecule has 3 rings (SSSR count). The van der Waals surface area contributed by atoms with Gasteiger partial charge in [0.25, 0.3) is 0 Å². The summed E-state index contributed by atoms with van der Waals surface area (Å²) in [6.07, 6.45) is 6.03. The molecule has 1 aliphatic rings. The summed E-state index contributed by atoms with van der Waals surface area (Å²) < 4.78 is 16.7. The topological polar surface area (TPSA) is 120 Å². The van der Waals surface area contributed by atoms with E-state index in [0.29, 0.717) is 22.8 Å². The highest BCUT2D eigenvalue weighted by molar-refractivity contribution is 6.32. The van der Waals surface area contributed by atoms with Gasteiger partial charge in [-0.25, -0.2) is 4.79 Å². The number of benzene rings is 2. The van der Waals surface area contributed by atoms with E-state index in [2.05, 4.69) is 10.6 Å². The Hall–Kier alpha value is -4.11. The number of esters is 2. The second kappa shape index (κ2) is 17.3. The van der Waals surface area contributed by atoms with Crippen LogP contribution < -0.4 is 15.4 Å². The number of amides is 2. The van der Waals surface area contributed by atoms with Gasteiger partial charge in [-0.05, 0) is 41.7 Å². The number of carbonyl (C=O) groups excluding carboxylic acids is 4. The van der Waals surface area contributed by atoms with E-state index in [0.717, 1.165) is 5.56 Å². The van der Waals surface area contributed by atoms with Crippen molar-refractivity contribution in [2.24, 2.45) is 11.8 Å². The number of hydrogen-bond donors (Lipinski definition) is 2. The minimum Gasteiger partial charge on any atom is -0.495 e. The molecule has 10 heteroatoms. The molecule has 0 spiro atoms. The van der Waals surface area contributed by atoms with E-state index in [9.17, 15) is 19.2 Å². The van der Waals surface area contributed by atoms with Crippen molar-refractivity contribution in [2.75, 3.05) is 13.7 Å². The fourth-order valence-electron chi connectivity index (χ4n) is 4.52. The van der Waals surface area contributed by atoms with Gasteiger partial charge in [0.15, 0.2) is 6.10 Å². The molecule has 0 fully saturated rings. The van der Waals surface area contributed by atoms with E-state index >= 15 is 0 Å². The number of nitrogens with one attached hydrogen (secondary N) is 2. The second-order valence-corrected chi connectivity index (χ2v) is 11.6. The van der Waals surface area contributed by atoms with Gasteiger partial charge in [0, 0.05) is 25.8 Å². The van der Waals surface area contributed by atoms with Crippen LogP contribution in [0.5, 0.6) is 5.75 Å². The van der Waals surface area contributed by atoms with E-state index in [4.69, 9.17) is 25.8 Å². The van der Waals surface area contributed by atoms with Crippen molar-refractivity contribution in [1.29, 1.82) is 0 Å². The van der Waals surface area contributed by atoms with Gasteiger partial charge in [-0.3, -0.25) is 14.4 Å². The Morgan fingerprint density at radius 2 is 1.80 bits per heavy atom. The zero-order valence-corrected chi connectivity index (χ0v) is 26.3. The van der Waals surface area contributed by atoms with Crippen LogP contribution in [0.15, 0.2) is 66.8 Å². The lowest BCUT2D eigenvalue weighted by Gasteiger charge is -2.24.